The van der Waals surface area contributed by atoms with Gasteiger partial charge in [0.2, 0.25) is 0 Å². The van der Waals surface area contributed by atoms with Crippen LogP contribution in [0.25, 0.3) is 0 Å². The summed E-state index contributed by atoms with van der Waals surface area (Å²) in [5, 5.41) is 10.8. The SMILES string of the molecule is CCCCCCCCCCOP(=O)(O)CC=NO. The number of unbranched alkanes of at least 4 members (excludes halogenated alkanes) is 7. The lowest BCUT2D eigenvalue weighted by atomic mass is 10.1. The maximum absolute atomic E-state index is 11.3. The molecule has 0 heterocycles. The van der Waals surface area contributed by atoms with E-state index in [9.17, 15) is 9.46 Å². The quantitative estimate of drug-likeness (QED) is 0.187. The van der Waals surface area contributed by atoms with Crippen molar-refractivity contribution in [2.45, 2.75) is 58.3 Å². The molecule has 6 heteroatoms. The number of hydrogen-bond acceptors (Lipinski definition) is 4. The van der Waals surface area contributed by atoms with Crippen LogP contribution in [0.5, 0.6) is 0 Å². The van der Waals surface area contributed by atoms with Crippen LogP contribution in [-0.2, 0) is 9.09 Å². The molecule has 0 amide bonds. The molecule has 0 aliphatic rings. The minimum absolute atomic E-state index is 0.236. The van der Waals surface area contributed by atoms with Crippen molar-refractivity contribution in [1.82, 2.24) is 0 Å². The number of oxime groups is 1. The van der Waals surface area contributed by atoms with Crippen molar-refractivity contribution in [2.24, 2.45) is 5.16 Å². The average Bonchev–Trinajstić information content (AvgIpc) is 2.34. The minimum atomic E-state index is -3.59. The molecular formula is C12H26NO4P. The van der Waals surface area contributed by atoms with Gasteiger partial charge in [0.1, 0.15) is 0 Å². The standard InChI is InChI=1S/C12H26NO4P/c1-2-3-4-5-6-7-8-9-11-17-18(15,16)12-10-13-14/h10,14H,2-9,11-12H2,1H3,(H,15,16). The zero-order valence-corrected chi connectivity index (χ0v) is 12.1. The topological polar surface area (TPSA) is 79.1 Å². The fourth-order valence-electron chi connectivity index (χ4n) is 1.64. The van der Waals surface area contributed by atoms with Gasteiger partial charge in [-0.1, -0.05) is 51.9 Å². The maximum atomic E-state index is 11.3. The summed E-state index contributed by atoms with van der Waals surface area (Å²) in [6.07, 6.45) is 10.1. The molecule has 0 radical (unpaired) electrons. The van der Waals surface area contributed by atoms with Gasteiger partial charge in [-0.15, -0.1) is 5.16 Å². The van der Waals surface area contributed by atoms with E-state index in [-0.39, 0.29) is 6.16 Å². The van der Waals surface area contributed by atoms with Crippen molar-refractivity contribution in [1.29, 1.82) is 0 Å². The van der Waals surface area contributed by atoms with Gasteiger partial charge in [-0.3, -0.25) is 4.57 Å². The molecule has 0 aliphatic carbocycles. The van der Waals surface area contributed by atoms with Crippen molar-refractivity contribution in [3.05, 3.63) is 0 Å². The highest BCUT2D eigenvalue weighted by Crippen LogP contribution is 2.40. The lowest BCUT2D eigenvalue weighted by Gasteiger charge is -2.09. The summed E-state index contributed by atoms with van der Waals surface area (Å²) in [5.74, 6) is 0. The molecule has 0 aromatic heterocycles. The molecule has 0 saturated heterocycles. The zero-order chi connectivity index (χ0) is 13.7. The second-order valence-electron chi connectivity index (χ2n) is 4.43. The monoisotopic (exact) mass is 279 g/mol. The predicted molar refractivity (Wildman–Crippen MR) is 73.5 cm³/mol. The van der Waals surface area contributed by atoms with Crippen molar-refractivity contribution in [3.8, 4) is 0 Å². The molecular weight excluding hydrogens is 253 g/mol. The molecule has 5 nitrogen and oxygen atoms in total. The van der Waals surface area contributed by atoms with Gasteiger partial charge in [-0.25, -0.2) is 0 Å². The second-order valence-corrected chi connectivity index (χ2v) is 6.32. The van der Waals surface area contributed by atoms with Crippen LogP contribution in [-0.4, -0.2) is 29.1 Å². The molecule has 1 atom stereocenters. The van der Waals surface area contributed by atoms with Gasteiger partial charge in [-0.2, -0.15) is 0 Å². The fourth-order valence-corrected chi connectivity index (χ4v) is 2.43. The molecule has 0 aromatic carbocycles. The summed E-state index contributed by atoms with van der Waals surface area (Å²) in [5.41, 5.74) is 0. The van der Waals surface area contributed by atoms with Crippen LogP contribution in [0.2, 0.25) is 0 Å². The number of rotatable bonds is 12. The lowest BCUT2D eigenvalue weighted by molar-refractivity contribution is 0.255. The van der Waals surface area contributed by atoms with Gasteiger partial charge in [0, 0.05) is 0 Å². The normalized spacial score (nSPS) is 15.0. The van der Waals surface area contributed by atoms with Crippen molar-refractivity contribution >= 4 is 13.8 Å². The van der Waals surface area contributed by atoms with Gasteiger partial charge in [0.05, 0.1) is 19.0 Å². The van der Waals surface area contributed by atoms with E-state index in [0.29, 0.717) is 6.61 Å². The van der Waals surface area contributed by atoms with Crippen molar-refractivity contribution in [2.75, 3.05) is 12.8 Å². The highest BCUT2D eigenvalue weighted by molar-refractivity contribution is 7.53. The Labute approximate surface area is 110 Å². The van der Waals surface area contributed by atoms with Crippen LogP contribution in [0, 0.1) is 0 Å². The van der Waals surface area contributed by atoms with Crippen LogP contribution in [0.4, 0.5) is 0 Å². The Morgan fingerprint density at radius 2 is 1.67 bits per heavy atom. The molecule has 0 aliphatic heterocycles. The summed E-state index contributed by atoms with van der Waals surface area (Å²) < 4.78 is 16.2. The Morgan fingerprint density at radius 1 is 1.11 bits per heavy atom. The van der Waals surface area contributed by atoms with Gasteiger partial charge in [0.15, 0.2) is 0 Å². The Morgan fingerprint density at radius 3 is 2.22 bits per heavy atom. The van der Waals surface area contributed by atoms with E-state index in [0.717, 1.165) is 25.5 Å². The molecule has 0 saturated carbocycles. The second kappa shape index (κ2) is 11.7. The summed E-state index contributed by atoms with van der Waals surface area (Å²) in [6.45, 7) is 2.49. The molecule has 18 heavy (non-hydrogen) atoms. The third-order valence-electron chi connectivity index (χ3n) is 2.68. The van der Waals surface area contributed by atoms with E-state index in [4.69, 9.17) is 9.73 Å². The molecule has 2 N–H and O–H groups in total. The van der Waals surface area contributed by atoms with E-state index >= 15 is 0 Å². The van der Waals surface area contributed by atoms with E-state index in [2.05, 4.69) is 12.1 Å². The molecule has 0 spiro atoms. The molecule has 0 bridgehead atoms. The van der Waals surface area contributed by atoms with Crippen LogP contribution >= 0.6 is 7.60 Å². The molecule has 0 aromatic rings. The largest absolute Gasteiger partial charge is 0.411 e. The van der Waals surface area contributed by atoms with Crippen LogP contribution < -0.4 is 0 Å². The van der Waals surface area contributed by atoms with Gasteiger partial charge in [0.25, 0.3) is 0 Å². The van der Waals surface area contributed by atoms with Crippen LogP contribution in [0.3, 0.4) is 0 Å². The lowest BCUT2D eigenvalue weighted by Crippen LogP contribution is -1.98. The first-order chi connectivity index (χ1) is 8.62. The first-order valence-corrected chi connectivity index (χ1v) is 8.51. The third kappa shape index (κ3) is 12.1. The smallest absolute Gasteiger partial charge is 0.333 e. The van der Waals surface area contributed by atoms with Crippen LogP contribution in [0.1, 0.15) is 58.3 Å². The summed E-state index contributed by atoms with van der Waals surface area (Å²) >= 11 is 0. The average molecular weight is 279 g/mol. The molecule has 0 fully saturated rings. The molecule has 1 unspecified atom stereocenters. The summed E-state index contributed by atoms with van der Waals surface area (Å²) in [4.78, 5) is 9.28. The van der Waals surface area contributed by atoms with E-state index in [1.807, 2.05) is 0 Å². The maximum Gasteiger partial charge on any atom is 0.333 e. The Balaban J connectivity index is 3.31. The highest BCUT2D eigenvalue weighted by Gasteiger charge is 2.16. The zero-order valence-electron chi connectivity index (χ0n) is 11.3. The number of nitrogens with zero attached hydrogens (tertiary/aromatic N) is 1. The fraction of sp³-hybridized carbons (Fsp3) is 0.917. The van der Waals surface area contributed by atoms with Crippen molar-refractivity contribution in [3.63, 3.8) is 0 Å². The predicted octanol–water partition coefficient (Wildman–Crippen LogP) is 3.79. The highest BCUT2D eigenvalue weighted by atomic mass is 31.2. The first kappa shape index (κ1) is 17.6. The summed E-state index contributed by atoms with van der Waals surface area (Å²) in [7, 11) is -3.59. The molecule has 108 valence electrons. The Bertz CT molecular complexity index is 258. The Hall–Kier alpha value is -0.380. The third-order valence-corrected chi connectivity index (χ3v) is 3.90. The number of hydrogen-bond donors (Lipinski definition) is 2. The summed E-state index contributed by atoms with van der Waals surface area (Å²) in [6, 6.07) is 0. The van der Waals surface area contributed by atoms with Crippen LogP contribution in [0.15, 0.2) is 5.16 Å². The van der Waals surface area contributed by atoms with Gasteiger partial charge in [-0.05, 0) is 6.42 Å². The Kier molecular flexibility index (Phi) is 11.4. The molecule has 0 rings (SSSR count). The van der Waals surface area contributed by atoms with E-state index < -0.39 is 7.60 Å². The van der Waals surface area contributed by atoms with E-state index in [1.54, 1.807) is 0 Å². The van der Waals surface area contributed by atoms with Gasteiger partial charge >= 0.3 is 7.60 Å². The first-order valence-electron chi connectivity index (χ1n) is 6.74. The van der Waals surface area contributed by atoms with Crippen molar-refractivity contribution < 1.29 is 19.2 Å². The van der Waals surface area contributed by atoms with Gasteiger partial charge < -0.3 is 14.6 Å². The minimum Gasteiger partial charge on any atom is -0.411 e. The van der Waals surface area contributed by atoms with E-state index in [1.165, 1.54) is 32.1 Å².